The second-order valence-corrected chi connectivity index (χ2v) is 6.21. The van der Waals surface area contributed by atoms with Gasteiger partial charge in [-0.1, -0.05) is 0 Å². The van der Waals surface area contributed by atoms with Crippen LogP contribution in [0.15, 0.2) is 21.2 Å². The molecule has 0 spiro atoms. The van der Waals surface area contributed by atoms with Crippen molar-refractivity contribution in [2.45, 2.75) is 32.2 Å². The number of oxazole rings is 1. The summed E-state index contributed by atoms with van der Waals surface area (Å²) in [5, 5.41) is 3.97. The number of rotatable bonds is 3. The van der Waals surface area contributed by atoms with E-state index in [-0.39, 0.29) is 11.9 Å². The molecule has 1 fully saturated rings. The van der Waals surface area contributed by atoms with Gasteiger partial charge in [0.15, 0.2) is 0 Å². The number of piperidine rings is 1. The molecule has 0 atom stereocenters. The summed E-state index contributed by atoms with van der Waals surface area (Å²) < 4.78 is 5.67. The van der Waals surface area contributed by atoms with E-state index in [1.54, 1.807) is 11.3 Å². The van der Waals surface area contributed by atoms with E-state index in [0.29, 0.717) is 12.3 Å². The topological polar surface area (TPSA) is 72.4 Å². The van der Waals surface area contributed by atoms with E-state index < -0.39 is 0 Å². The Morgan fingerprint density at radius 3 is 2.95 bits per heavy atom. The first-order valence-electron chi connectivity index (χ1n) is 7.15. The number of likely N-dealkylation sites (tertiary alicyclic amines) is 1. The first kappa shape index (κ1) is 14.3. The highest BCUT2D eigenvalue weighted by molar-refractivity contribution is 7.08. The fourth-order valence-corrected chi connectivity index (χ4v) is 3.14. The monoisotopic (exact) mass is 305 g/mol. The van der Waals surface area contributed by atoms with Gasteiger partial charge in [-0.3, -0.25) is 4.79 Å². The summed E-state index contributed by atoms with van der Waals surface area (Å²) in [7, 11) is 0. The van der Waals surface area contributed by atoms with Crippen LogP contribution in [0.3, 0.4) is 0 Å². The van der Waals surface area contributed by atoms with Crippen molar-refractivity contribution in [3.63, 3.8) is 0 Å². The third-order valence-electron chi connectivity index (χ3n) is 3.87. The molecule has 0 aliphatic carbocycles. The SMILES string of the molecule is Cc1oc(-c2ccsc2)nc1CC(=O)N1CCC(N)CC1. The van der Waals surface area contributed by atoms with E-state index >= 15 is 0 Å². The normalized spacial score (nSPS) is 16.4. The molecule has 0 radical (unpaired) electrons. The van der Waals surface area contributed by atoms with Gasteiger partial charge in [-0.25, -0.2) is 4.98 Å². The molecule has 2 N–H and O–H groups in total. The van der Waals surface area contributed by atoms with Crippen LogP contribution in [0, 0.1) is 6.92 Å². The number of hydrogen-bond donors (Lipinski definition) is 1. The zero-order valence-corrected chi connectivity index (χ0v) is 12.9. The van der Waals surface area contributed by atoms with Crippen LogP contribution in [0.2, 0.25) is 0 Å². The molecule has 0 bridgehead atoms. The van der Waals surface area contributed by atoms with Gasteiger partial charge < -0.3 is 15.1 Å². The molecule has 3 heterocycles. The quantitative estimate of drug-likeness (QED) is 0.943. The minimum atomic E-state index is 0.107. The van der Waals surface area contributed by atoms with Crippen LogP contribution < -0.4 is 5.73 Å². The zero-order chi connectivity index (χ0) is 14.8. The van der Waals surface area contributed by atoms with Crippen LogP contribution in [0.1, 0.15) is 24.3 Å². The van der Waals surface area contributed by atoms with Crippen LogP contribution in [0.25, 0.3) is 11.5 Å². The number of aromatic nitrogens is 1. The molecule has 3 rings (SSSR count). The van der Waals surface area contributed by atoms with Gasteiger partial charge >= 0.3 is 0 Å². The van der Waals surface area contributed by atoms with Gasteiger partial charge in [0.25, 0.3) is 0 Å². The van der Waals surface area contributed by atoms with Crippen LogP contribution in [-0.4, -0.2) is 34.9 Å². The number of amides is 1. The maximum atomic E-state index is 12.3. The minimum absolute atomic E-state index is 0.107. The van der Waals surface area contributed by atoms with Gasteiger partial charge in [-0.05, 0) is 31.2 Å². The van der Waals surface area contributed by atoms with Crippen molar-refractivity contribution in [1.29, 1.82) is 0 Å². The number of carbonyl (C=O) groups is 1. The molecular weight excluding hydrogens is 286 g/mol. The molecule has 0 aromatic carbocycles. The van der Waals surface area contributed by atoms with Gasteiger partial charge in [0.05, 0.1) is 12.1 Å². The number of aryl methyl sites for hydroxylation is 1. The summed E-state index contributed by atoms with van der Waals surface area (Å²) in [5.41, 5.74) is 7.56. The lowest BCUT2D eigenvalue weighted by atomic mass is 10.1. The maximum absolute atomic E-state index is 12.3. The predicted molar refractivity (Wildman–Crippen MR) is 82.0 cm³/mol. The Kier molecular flexibility index (Phi) is 4.07. The van der Waals surface area contributed by atoms with Crippen molar-refractivity contribution in [3.8, 4) is 11.5 Å². The van der Waals surface area contributed by atoms with Crippen molar-refractivity contribution >= 4 is 17.2 Å². The predicted octanol–water partition coefficient (Wildman–Crippen LogP) is 2.20. The fraction of sp³-hybridized carbons (Fsp3) is 0.467. The molecular formula is C15H19N3O2S. The van der Waals surface area contributed by atoms with E-state index in [2.05, 4.69) is 4.98 Å². The van der Waals surface area contributed by atoms with Crippen LogP contribution in [-0.2, 0) is 11.2 Å². The van der Waals surface area contributed by atoms with Gasteiger partial charge in [-0.15, -0.1) is 0 Å². The fourth-order valence-electron chi connectivity index (χ4n) is 2.51. The average Bonchev–Trinajstić information content (AvgIpc) is 3.10. The van der Waals surface area contributed by atoms with Crippen LogP contribution in [0.5, 0.6) is 0 Å². The Balaban J connectivity index is 1.69. The highest BCUT2D eigenvalue weighted by Gasteiger charge is 2.23. The minimum Gasteiger partial charge on any atom is -0.441 e. The number of nitrogens with zero attached hydrogens (tertiary/aromatic N) is 2. The summed E-state index contributed by atoms with van der Waals surface area (Å²) in [6.45, 7) is 3.35. The molecule has 5 nitrogen and oxygen atoms in total. The van der Waals surface area contributed by atoms with Crippen LogP contribution >= 0.6 is 11.3 Å². The summed E-state index contributed by atoms with van der Waals surface area (Å²) >= 11 is 1.60. The van der Waals surface area contributed by atoms with E-state index in [1.165, 1.54) is 0 Å². The van der Waals surface area contributed by atoms with Crippen molar-refractivity contribution in [1.82, 2.24) is 9.88 Å². The van der Waals surface area contributed by atoms with Gasteiger partial charge in [-0.2, -0.15) is 11.3 Å². The molecule has 1 amide bonds. The summed E-state index contributed by atoms with van der Waals surface area (Å²) in [6.07, 6.45) is 2.06. The lowest BCUT2D eigenvalue weighted by Gasteiger charge is -2.30. The third-order valence-corrected chi connectivity index (χ3v) is 4.56. The zero-order valence-electron chi connectivity index (χ0n) is 12.0. The number of thiophene rings is 1. The smallest absolute Gasteiger partial charge is 0.228 e. The van der Waals surface area contributed by atoms with E-state index in [1.807, 2.05) is 28.7 Å². The Bertz CT molecular complexity index is 613. The molecule has 1 aliphatic heterocycles. The molecule has 112 valence electrons. The molecule has 2 aromatic heterocycles. The largest absolute Gasteiger partial charge is 0.441 e. The second-order valence-electron chi connectivity index (χ2n) is 5.43. The molecule has 1 saturated heterocycles. The summed E-state index contributed by atoms with van der Waals surface area (Å²) in [5.74, 6) is 1.42. The number of carbonyl (C=O) groups excluding carboxylic acids is 1. The van der Waals surface area contributed by atoms with Crippen molar-refractivity contribution in [3.05, 3.63) is 28.3 Å². The van der Waals surface area contributed by atoms with E-state index in [4.69, 9.17) is 10.2 Å². The average molecular weight is 305 g/mol. The highest BCUT2D eigenvalue weighted by Crippen LogP contribution is 2.24. The van der Waals surface area contributed by atoms with Crippen molar-refractivity contribution in [2.75, 3.05) is 13.1 Å². The molecule has 2 aromatic rings. The number of nitrogens with two attached hydrogens (primary N) is 1. The second kappa shape index (κ2) is 5.99. The van der Waals surface area contributed by atoms with Gasteiger partial charge in [0.2, 0.25) is 11.8 Å². The van der Waals surface area contributed by atoms with Crippen molar-refractivity contribution in [2.24, 2.45) is 5.73 Å². The summed E-state index contributed by atoms with van der Waals surface area (Å²) in [4.78, 5) is 18.7. The Morgan fingerprint density at radius 1 is 1.52 bits per heavy atom. The Morgan fingerprint density at radius 2 is 2.29 bits per heavy atom. The van der Waals surface area contributed by atoms with Crippen LogP contribution in [0.4, 0.5) is 0 Å². The van der Waals surface area contributed by atoms with E-state index in [9.17, 15) is 4.79 Å². The third kappa shape index (κ3) is 3.16. The Hall–Kier alpha value is -1.66. The van der Waals surface area contributed by atoms with Gasteiger partial charge in [0, 0.05) is 30.1 Å². The molecule has 1 aliphatic rings. The maximum Gasteiger partial charge on any atom is 0.228 e. The Labute approximate surface area is 127 Å². The lowest BCUT2D eigenvalue weighted by Crippen LogP contribution is -2.43. The first-order chi connectivity index (χ1) is 10.1. The summed E-state index contributed by atoms with van der Waals surface area (Å²) in [6, 6.07) is 2.20. The standard InChI is InChI=1S/C15H19N3O2S/c1-10-13(17-15(20-10)11-4-7-21-9-11)8-14(19)18-5-2-12(16)3-6-18/h4,7,9,12H,2-3,5-6,8,16H2,1H3. The molecule has 0 saturated carbocycles. The first-order valence-corrected chi connectivity index (χ1v) is 8.10. The van der Waals surface area contributed by atoms with E-state index in [0.717, 1.165) is 42.9 Å². The van der Waals surface area contributed by atoms with Crippen molar-refractivity contribution < 1.29 is 9.21 Å². The highest BCUT2D eigenvalue weighted by atomic mass is 32.1. The molecule has 6 heteroatoms. The molecule has 0 unspecified atom stereocenters. The number of hydrogen-bond acceptors (Lipinski definition) is 5. The lowest BCUT2D eigenvalue weighted by molar-refractivity contribution is -0.131. The van der Waals surface area contributed by atoms with Gasteiger partial charge in [0.1, 0.15) is 5.76 Å². The molecule has 21 heavy (non-hydrogen) atoms.